The summed E-state index contributed by atoms with van der Waals surface area (Å²) in [6.07, 6.45) is 4.75. The molecule has 0 saturated heterocycles. The smallest absolute Gasteiger partial charge is 0.0163 e. The molecule has 1 radical (unpaired) electrons. The molecule has 0 saturated carbocycles. The molecule has 0 bridgehead atoms. The fourth-order valence-corrected chi connectivity index (χ4v) is 5.06. The van der Waals surface area contributed by atoms with Crippen LogP contribution in [0.1, 0.15) is 50.3 Å². The average Bonchev–Trinajstić information content (AvgIpc) is 3.05. The van der Waals surface area contributed by atoms with Gasteiger partial charge in [0.15, 0.2) is 0 Å². The summed E-state index contributed by atoms with van der Waals surface area (Å²) in [4.78, 5) is 8.86. The monoisotopic (exact) mass is 751 g/mol. The van der Waals surface area contributed by atoms with Crippen molar-refractivity contribution in [1.82, 2.24) is 9.97 Å². The van der Waals surface area contributed by atoms with E-state index in [4.69, 9.17) is 0 Å². The van der Waals surface area contributed by atoms with Crippen molar-refractivity contribution in [3.05, 3.63) is 169 Å². The molecule has 0 spiro atoms. The predicted octanol–water partition coefficient (Wildman–Crippen LogP) is 10.5. The molecule has 0 aliphatic carbocycles. The van der Waals surface area contributed by atoms with Gasteiger partial charge in [0.2, 0.25) is 0 Å². The van der Waals surface area contributed by atoms with Crippen LogP contribution in [0.2, 0.25) is 0 Å². The number of aromatic nitrogens is 2. The van der Waals surface area contributed by atoms with Crippen LogP contribution in [-0.2, 0) is 26.5 Å². The summed E-state index contributed by atoms with van der Waals surface area (Å²) < 4.78 is 0. The van der Waals surface area contributed by atoms with Crippen molar-refractivity contribution in [2.45, 2.75) is 40.0 Å². The standard InChI is InChI=1S/C22H22N.C19H16N.Ir/c1-22(2,3)16-17-13-14-23-21(15-17)20-11-9-19(10-12-20)18-7-5-4-6-8-18;1-15(16-7-3-2-4-8-16)17-10-12-18(13-11-17)19-9-5-6-14-20-19;/h4-11,13-15H,16H2,1-3H3;2-12,14-15H,1H3;/q2*-1;. The zero-order valence-corrected chi connectivity index (χ0v) is 28.2. The Hall–Kier alpha value is -4.17. The molecule has 6 aromatic rings. The number of hydrogen-bond donors (Lipinski definition) is 0. The Morgan fingerprint density at radius 2 is 1.23 bits per heavy atom. The van der Waals surface area contributed by atoms with Gasteiger partial charge >= 0.3 is 0 Å². The Morgan fingerprint density at radius 1 is 0.591 bits per heavy atom. The Balaban J connectivity index is 0.000000198. The average molecular weight is 751 g/mol. The summed E-state index contributed by atoms with van der Waals surface area (Å²) in [5.74, 6) is 0.380. The largest absolute Gasteiger partial charge is 0.305 e. The Bertz CT molecular complexity index is 1690. The van der Waals surface area contributed by atoms with E-state index in [1.54, 1.807) is 0 Å². The summed E-state index contributed by atoms with van der Waals surface area (Å²) in [6, 6.07) is 50.5. The maximum Gasteiger partial charge on any atom is 0.0163 e. The van der Waals surface area contributed by atoms with Gasteiger partial charge in [-0.05, 0) is 46.8 Å². The number of hydrogen-bond acceptors (Lipinski definition) is 2. The molecule has 223 valence electrons. The van der Waals surface area contributed by atoms with E-state index < -0.39 is 0 Å². The molecule has 0 aliphatic rings. The van der Waals surface area contributed by atoms with Crippen LogP contribution < -0.4 is 0 Å². The van der Waals surface area contributed by atoms with Crippen LogP contribution >= 0.6 is 0 Å². The molecule has 0 aliphatic heterocycles. The predicted molar refractivity (Wildman–Crippen MR) is 180 cm³/mol. The molecule has 3 heteroatoms. The SMILES string of the molecule is CC(C)(C)Cc1ccnc(-c2[c-]cc(-c3ccccc3)cc2)c1.CC(c1c[c-]c(-c2ccccn2)cc1)c1ccccc1.[Ir]. The van der Waals surface area contributed by atoms with Gasteiger partial charge in [0.05, 0.1) is 0 Å². The normalized spacial score (nSPS) is 11.5. The third kappa shape index (κ3) is 9.16. The summed E-state index contributed by atoms with van der Waals surface area (Å²) in [5, 5.41) is 0. The van der Waals surface area contributed by atoms with E-state index in [2.05, 4.69) is 141 Å². The van der Waals surface area contributed by atoms with E-state index >= 15 is 0 Å². The first-order valence-corrected chi connectivity index (χ1v) is 14.9. The van der Waals surface area contributed by atoms with Gasteiger partial charge in [0, 0.05) is 32.5 Å². The molecule has 4 aromatic carbocycles. The molecule has 0 N–H and O–H groups in total. The van der Waals surface area contributed by atoms with Crippen LogP contribution in [0.5, 0.6) is 0 Å². The first-order chi connectivity index (χ1) is 20.9. The van der Waals surface area contributed by atoms with Gasteiger partial charge in [-0.2, -0.15) is 0 Å². The zero-order valence-electron chi connectivity index (χ0n) is 25.8. The topological polar surface area (TPSA) is 25.8 Å². The zero-order chi connectivity index (χ0) is 30.1. The molecular formula is C41H38IrN2-2. The van der Waals surface area contributed by atoms with E-state index in [0.29, 0.717) is 5.92 Å². The quantitative estimate of drug-likeness (QED) is 0.159. The molecular weight excluding hydrogens is 713 g/mol. The molecule has 44 heavy (non-hydrogen) atoms. The Labute approximate surface area is 276 Å². The first kappa shape index (κ1) is 32.7. The van der Waals surface area contributed by atoms with E-state index in [1.807, 2.05) is 48.8 Å². The second kappa shape index (κ2) is 15.5. The van der Waals surface area contributed by atoms with Crippen molar-refractivity contribution >= 4 is 0 Å². The molecule has 0 amide bonds. The van der Waals surface area contributed by atoms with Gasteiger partial charge in [-0.3, -0.25) is 0 Å². The number of rotatable bonds is 6. The maximum absolute atomic E-state index is 4.51. The third-order valence-corrected chi connectivity index (χ3v) is 7.33. The van der Waals surface area contributed by atoms with Gasteiger partial charge in [-0.15, -0.1) is 65.2 Å². The van der Waals surface area contributed by atoms with Crippen LogP contribution in [0, 0.1) is 17.5 Å². The van der Waals surface area contributed by atoms with Gasteiger partial charge in [-0.25, -0.2) is 0 Å². The van der Waals surface area contributed by atoms with Crippen molar-refractivity contribution in [2.24, 2.45) is 5.41 Å². The van der Waals surface area contributed by atoms with Crippen molar-refractivity contribution in [1.29, 1.82) is 0 Å². The minimum absolute atomic E-state index is 0. The second-order valence-electron chi connectivity index (χ2n) is 12.0. The molecule has 2 nitrogen and oxygen atoms in total. The first-order valence-electron chi connectivity index (χ1n) is 14.9. The molecule has 6 rings (SSSR count). The number of benzene rings is 4. The van der Waals surface area contributed by atoms with E-state index in [-0.39, 0.29) is 25.5 Å². The van der Waals surface area contributed by atoms with E-state index in [9.17, 15) is 0 Å². The van der Waals surface area contributed by atoms with Crippen molar-refractivity contribution in [3.63, 3.8) is 0 Å². The fourth-order valence-electron chi connectivity index (χ4n) is 5.06. The van der Waals surface area contributed by atoms with Crippen LogP contribution in [0.3, 0.4) is 0 Å². The summed E-state index contributed by atoms with van der Waals surface area (Å²) in [7, 11) is 0. The second-order valence-corrected chi connectivity index (χ2v) is 12.0. The summed E-state index contributed by atoms with van der Waals surface area (Å²) in [6.45, 7) is 8.99. The Kier molecular flexibility index (Phi) is 11.5. The van der Waals surface area contributed by atoms with Gasteiger partial charge in [-0.1, -0.05) is 123 Å². The van der Waals surface area contributed by atoms with Crippen LogP contribution in [0.25, 0.3) is 33.6 Å². The molecule has 2 aromatic heterocycles. The fraction of sp³-hybridized carbons (Fsp3) is 0.171. The Morgan fingerprint density at radius 3 is 1.84 bits per heavy atom. The summed E-state index contributed by atoms with van der Waals surface area (Å²) in [5.41, 5.74) is 10.6. The molecule has 0 fully saturated rings. The van der Waals surface area contributed by atoms with Crippen LogP contribution in [0.4, 0.5) is 0 Å². The number of nitrogens with zero attached hydrogens (tertiary/aromatic N) is 2. The van der Waals surface area contributed by atoms with Gasteiger partial charge in [0.1, 0.15) is 0 Å². The molecule has 2 heterocycles. The minimum Gasteiger partial charge on any atom is -0.305 e. The number of pyridine rings is 2. The van der Waals surface area contributed by atoms with Crippen molar-refractivity contribution < 1.29 is 20.1 Å². The molecule has 1 atom stereocenters. The maximum atomic E-state index is 4.51. The summed E-state index contributed by atoms with van der Waals surface area (Å²) >= 11 is 0. The molecule has 1 unspecified atom stereocenters. The van der Waals surface area contributed by atoms with E-state index in [0.717, 1.165) is 28.9 Å². The van der Waals surface area contributed by atoms with Crippen molar-refractivity contribution in [3.8, 4) is 33.6 Å². The van der Waals surface area contributed by atoms with Crippen LogP contribution in [-0.4, -0.2) is 9.97 Å². The minimum atomic E-state index is 0. The van der Waals surface area contributed by atoms with Gasteiger partial charge in [0.25, 0.3) is 0 Å². The van der Waals surface area contributed by atoms with Crippen molar-refractivity contribution in [2.75, 3.05) is 0 Å². The van der Waals surface area contributed by atoms with Crippen LogP contribution in [0.15, 0.2) is 140 Å². The third-order valence-electron chi connectivity index (χ3n) is 7.33. The van der Waals surface area contributed by atoms with E-state index in [1.165, 1.54) is 27.8 Å². The van der Waals surface area contributed by atoms with Gasteiger partial charge < -0.3 is 9.97 Å².